The molecule has 1 amide bonds. The van der Waals surface area contributed by atoms with E-state index in [0.717, 1.165) is 27.8 Å². The molecule has 0 atom stereocenters. The van der Waals surface area contributed by atoms with Crippen molar-refractivity contribution in [1.82, 2.24) is 4.90 Å². The number of allylic oxidation sites excluding steroid dienone is 1. The molecular formula is C24H29NO2. The number of likely N-dealkylation sites (tertiary alicyclic amines) is 1. The number of aryl methyl sites for hydroxylation is 2. The van der Waals surface area contributed by atoms with E-state index in [1.807, 2.05) is 81.1 Å². The van der Waals surface area contributed by atoms with Crippen LogP contribution in [-0.4, -0.2) is 29.0 Å². The van der Waals surface area contributed by atoms with Crippen molar-refractivity contribution in [3.63, 3.8) is 0 Å². The summed E-state index contributed by atoms with van der Waals surface area (Å²) >= 11 is 0. The number of carbonyl (C=O) groups is 1. The SMILES string of the molecule is CC(C)=C(C(=O)N1CCC(O)(c2ccc(C)cc2)CC1)c1ccccc1C. The van der Waals surface area contributed by atoms with Crippen molar-refractivity contribution in [1.29, 1.82) is 0 Å². The van der Waals surface area contributed by atoms with E-state index in [9.17, 15) is 9.90 Å². The molecule has 0 radical (unpaired) electrons. The van der Waals surface area contributed by atoms with Gasteiger partial charge in [-0.15, -0.1) is 0 Å². The van der Waals surface area contributed by atoms with Crippen LogP contribution in [0.25, 0.3) is 5.57 Å². The Morgan fingerprint density at radius 3 is 2.11 bits per heavy atom. The number of piperidine rings is 1. The minimum atomic E-state index is -0.849. The van der Waals surface area contributed by atoms with Crippen molar-refractivity contribution in [2.24, 2.45) is 0 Å². The fourth-order valence-corrected chi connectivity index (χ4v) is 3.84. The molecule has 0 saturated carbocycles. The van der Waals surface area contributed by atoms with Crippen LogP contribution in [0.15, 0.2) is 54.1 Å². The molecule has 1 heterocycles. The van der Waals surface area contributed by atoms with Gasteiger partial charge in [0.05, 0.1) is 5.60 Å². The Balaban J connectivity index is 1.79. The maximum absolute atomic E-state index is 13.3. The minimum absolute atomic E-state index is 0.0651. The van der Waals surface area contributed by atoms with Gasteiger partial charge in [-0.1, -0.05) is 59.7 Å². The predicted molar refractivity (Wildman–Crippen MR) is 110 cm³/mol. The molecule has 1 fully saturated rings. The first-order valence-corrected chi connectivity index (χ1v) is 9.64. The summed E-state index contributed by atoms with van der Waals surface area (Å²) in [4.78, 5) is 15.2. The monoisotopic (exact) mass is 363 g/mol. The summed E-state index contributed by atoms with van der Waals surface area (Å²) in [5, 5.41) is 11.1. The summed E-state index contributed by atoms with van der Waals surface area (Å²) in [6.45, 7) is 9.19. The zero-order valence-electron chi connectivity index (χ0n) is 16.7. The van der Waals surface area contributed by atoms with Crippen LogP contribution in [0.5, 0.6) is 0 Å². The molecule has 3 heteroatoms. The predicted octanol–water partition coefficient (Wildman–Crippen LogP) is 4.61. The Labute approximate surface area is 162 Å². The Morgan fingerprint density at radius 1 is 0.963 bits per heavy atom. The topological polar surface area (TPSA) is 40.5 Å². The Bertz CT molecular complexity index is 852. The van der Waals surface area contributed by atoms with Crippen LogP contribution in [0.2, 0.25) is 0 Å². The summed E-state index contributed by atoms with van der Waals surface area (Å²) in [6, 6.07) is 16.1. The average Bonchev–Trinajstić information content (AvgIpc) is 2.64. The molecular weight excluding hydrogens is 334 g/mol. The zero-order valence-corrected chi connectivity index (χ0v) is 16.7. The number of hydrogen-bond acceptors (Lipinski definition) is 2. The molecule has 142 valence electrons. The summed E-state index contributed by atoms with van der Waals surface area (Å²) in [6.07, 6.45) is 1.12. The molecule has 2 aromatic carbocycles. The van der Waals surface area contributed by atoms with Crippen molar-refractivity contribution in [3.8, 4) is 0 Å². The normalized spacial score (nSPS) is 16.1. The molecule has 1 aliphatic heterocycles. The van der Waals surface area contributed by atoms with Crippen LogP contribution in [0.4, 0.5) is 0 Å². The maximum atomic E-state index is 13.3. The number of nitrogens with zero attached hydrogens (tertiary/aromatic N) is 1. The van der Waals surface area contributed by atoms with Gasteiger partial charge in [0.1, 0.15) is 0 Å². The first-order chi connectivity index (χ1) is 12.8. The maximum Gasteiger partial charge on any atom is 0.254 e. The van der Waals surface area contributed by atoms with Crippen LogP contribution in [0.1, 0.15) is 48.9 Å². The zero-order chi connectivity index (χ0) is 19.6. The van der Waals surface area contributed by atoms with Crippen molar-refractivity contribution in [2.75, 3.05) is 13.1 Å². The molecule has 0 unspecified atom stereocenters. The lowest BCUT2D eigenvalue weighted by molar-refractivity contribution is -0.129. The van der Waals surface area contributed by atoms with Gasteiger partial charge in [-0.3, -0.25) is 4.79 Å². The summed E-state index contributed by atoms with van der Waals surface area (Å²) < 4.78 is 0. The second-order valence-electron chi connectivity index (χ2n) is 7.88. The number of carbonyl (C=O) groups excluding carboxylic acids is 1. The van der Waals surface area contributed by atoms with E-state index in [1.54, 1.807) is 0 Å². The standard InChI is InChI=1S/C24H29NO2/c1-17(2)22(21-8-6-5-7-19(21)4)23(26)25-15-13-24(27,14-16-25)20-11-9-18(3)10-12-20/h5-12,27H,13-16H2,1-4H3. The molecule has 0 aliphatic carbocycles. The van der Waals surface area contributed by atoms with Gasteiger partial charge in [0.15, 0.2) is 0 Å². The number of benzene rings is 2. The van der Waals surface area contributed by atoms with Gasteiger partial charge in [0, 0.05) is 18.7 Å². The molecule has 1 saturated heterocycles. The van der Waals surface area contributed by atoms with E-state index in [1.165, 1.54) is 5.56 Å². The lowest BCUT2D eigenvalue weighted by Crippen LogP contribution is -2.45. The van der Waals surface area contributed by atoms with Gasteiger partial charge in [0.25, 0.3) is 5.91 Å². The molecule has 2 aromatic rings. The Hall–Kier alpha value is -2.39. The van der Waals surface area contributed by atoms with Crippen LogP contribution in [-0.2, 0) is 10.4 Å². The lowest BCUT2D eigenvalue weighted by Gasteiger charge is -2.39. The van der Waals surface area contributed by atoms with Crippen molar-refractivity contribution in [2.45, 2.75) is 46.1 Å². The van der Waals surface area contributed by atoms with Crippen LogP contribution >= 0.6 is 0 Å². The van der Waals surface area contributed by atoms with Gasteiger partial charge in [0.2, 0.25) is 0 Å². The van der Waals surface area contributed by atoms with Crippen LogP contribution in [0.3, 0.4) is 0 Å². The summed E-state index contributed by atoms with van der Waals surface area (Å²) in [5.41, 5.74) is 5.20. The van der Waals surface area contributed by atoms with E-state index in [0.29, 0.717) is 25.9 Å². The van der Waals surface area contributed by atoms with Crippen LogP contribution < -0.4 is 0 Å². The average molecular weight is 364 g/mol. The third kappa shape index (κ3) is 3.98. The van der Waals surface area contributed by atoms with Crippen molar-refractivity contribution < 1.29 is 9.90 Å². The van der Waals surface area contributed by atoms with Gasteiger partial charge in [-0.2, -0.15) is 0 Å². The lowest BCUT2D eigenvalue weighted by atomic mass is 9.83. The molecule has 0 spiro atoms. The summed E-state index contributed by atoms with van der Waals surface area (Å²) in [7, 11) is 0. The summed E-state index contributed by atoms with van der Waals surface area (Å²) in [5.74, 6) is 0.0651. The molecule has 0 aromatic heterocycles. The highest BCUT2D eigenvalue weighted by Gasteiger charge is 2.36. The highest BCUT2D eigenvalue weighted by atomic mass is 16.3. The molecule has 0 bridgehead atoms. The highest BCUT2D eigenvalue weighted by Crippen LogP contribution is 2.34. The van der Waals surface area contributed by atoms with E-state index in [-0.39, 0.29) is 5.91 Å². The minimum Gasteiger partial charge on any atom is -0.385 e. The van der Waals surface area contributed by atoms with Gasteiger partial charge in [-0.25, -0.2) is 0 Å². The third-order valence-electron chi connectivity index (χ3n) is 5.60. The first-order valence-electron chi connectivity index (χ1n) is 9.64. The molecule has 3 nitrogen and oxygen atoms in total. The van der Waals surface area contributed by atoms with E-state index >= 15 is 0 Å². The largest absolute Gasteiger partial charge is 0.385 e. The van der Waals surface area contributed by atoms with Gasteiger partial charge >= 0.3 is 0 Å². The molecule has 1 N–H and O–H groups in total. The van der Waals surface area contributed by atoms with Crippen molar-refractivity contribution in [3.05, 3.63) is 76.4 Å². The third-order valence-corrected chi connectivity index (χ3v) is 5.60. The molecule has 3 rings (SSSR count). The van der Waals surface area contributed by atoms with Gasteiger partial charge < -0.3 is 10.0 Å². The van der Waals surface area contributed by atoms with Gasteiger partial charge in [-0.05, 0) is 57.2 Å². The second kappa shape index (κ2) is 7.69. The second-order valence-corrected chi connectivity index (χ2v) is 7.88. The number of amides is 1. The number of aliphatic hydroxyl groups is 1. The first kappa shape index (κ1) is 19.4. The number of rotatable bonds is 3. The van der Waals surface area contributed by atoms with Crippen molar-refractivity contribution >= 4 is 11.5 Å². The Kier molecular flexibility index (Phi) is 5.52. The smallest absolute Gasteiger partial charge is 0.254 e. The molecule has 27 heavy (non-hydrogen) atoms. The molecule has 1 aliphatic rings. The highest BCUT2D eigenvalue weighted by molar-refractivity contribution is 6.20. The van der Waals surface area contributed by atoms with Crippen LogP contribution in [0, 0.1) is 13.8 Å². The quantitative estimate of drug-likeness (QED) is 0.809. The Morgan fingerprint density at radius 2 is 1.56 bits per heavy atom. The fourth-order valence-electron chi connectivity index (χ4n) is 3.84. The fraction of sp³-hybridized carbons (Fsp3) is 0.375. The number of hydrogen-bond donors (Lipinski definition) is 1. The van der Waals surface area contributed by atoms with E-state index in [2.05, 4.69) is 0 Å². The van der Waals surface area contributed by atoms with E-state index < -0.39 is 5.60 Å². The van der Waals surface area contributed by atoms with E-state index in [4.69, 9.17) is 0 Å².